The molecule has 0 bridgehead atoms. The Bertz CT molecular complexity index is 621. The van der Waals surface area contributed by atoms with Crippen molar-refractivity contribution in [2.24, 2.45) is 0 Å². The molecule has 0 atom stereocenters. The van der Waals surface area contributed by atoms with Gasteiger partial charge in [0, 0.05) is 24.4 Å². The van der Waals surface area contributed by atoms with Crippen molar-refractivity contribution in [3.63, 3.8) is 0 Å². The van der Waals surface area contributed by atoms with Crippen LogP contribution >= 0.6 is 11.8 Å². The van der Waals surface area contributed by atoms with Gasteiger partial charge in [0.2, 0.25) is 5.91 Å². The first kappa shape index (κ1) is 16.5. The quantitative estimate of drug-likeness (QED) is 0.657. The molecule has 1 heterocycles. The van der Waals surface area contributed by atoms with E-state index in [1.807, 2.05) is 50.4 Å². The lowest BCUT2D eigenvalue weighted by Gasteiger charge is -2.10. The van der Waals surface area contributed by atoms with Crippen LogP contribution in [0.25, 0.3) is 0 Å². The first-order valence-corrected chi connectivity index (χ1v) is 8.51. The smallest absolute Gasteiger partial charge is 0.220 e. The highest BCUT2D eigenvalue weighted by atomic mass is 32.2. The van der Waals surface area contributed by atoms with E-state index < -0.39 is 0 Å². The molecule has 0 fully saturated rings. The van der Waals surface area contributed by atoms with E-state index in [1.165, 1.54) is 11.8 Å². The fourth-order valence-electron chi connectivity index (χ4n) is 2.29. The van der Waals surface area contributed by atoms with Crippen molar-refractivity contribution >= 4 is 17.7 Å². The summed E-state index contributed by atoms with van der Waals surface area (Å²) in [7, 11) is 0. The minimum Gasteiger partial charge on any atom is -0.352 e. The Morgan fingerprint density at radius 1 is 1.14 bits per heavy atom. The number of hydrogen-bond acceptors (Lipinski definition) is 4. The molecule has 0 aliphatic heterocycles. The van der Waals surface area contributed by atoms with Gasteiger partial charge in [-0.15, -0.1) is 0 Å². The molecule has 0 unspecified atom stereocenters. The van der Waals surface area contributed by atoms with Gasteiger partial charge >= 0.3 is 0 Å². The zero-order valence-corrected chi connectivity index (χ0v) is 14.0. The Hall–Kier alpha value is -1.88. The lowest BCUT2D eigenvalue weighted by Crippen LogP contribution is -2.23. The topological polar surface area (TPSA) is 54.9 Å². The Morgan fingerprint density at radius 2 is 1.77 bits per heavy atom. The summed E-state index contributed by atoms with van der Waals surface area (Å²) < 4.78 is 0. The van der Waals surface area contributed by atoms with Crippen molar-refractivity contribution in [1.82, 2.24) is 15.3 Å². The van der Waals surface area contributed by atoms with E-state index in [0.29, 0.717) is 19.4 Å². The molecule has 0 saturated carbocycles. The molecular formula is C17H21N3OS. The van der Waals surface area contributed by atoms with Crippen molar-refractivity contribution in [3.05, 3.63) is 52.8 Å². The van der Waals surface area contributed by atoms with E-state index >= 15 is 0 Å². The first-order valence-electron chi connectivity index (χ1n) is 7.29. The number of aryl methyl sites for hydroxylation is 2. The molecule has 1 aromatic carbocycles. The largest absolute Gasteiger partial charge is 0.352 e. The second-order valence-electron chi connectivity index (χ2n) is 5.12. The van der Waals surface area contributed by atoms with E-state index in [-0.39, 0.29) is 5.91 Å². The maximum Gasteiger partial charge on any atom is 0.220 e. The molecule has 1 N–H and O–H groups in total. The number of nitrogens with one attached hydrogen (secondary N) is 1. The molecule has 0 radical (unpaired) electrons. The fraction of sp³-hybridized carbons (Fsp3) is 0.353. The number of carbonyl (C=O) groups is 1. The van der Waals surface area contributed by atoms with Crippen molar-refractivity contribution < 1.29 is 4.79 Å². The number of aromatic nitrogens is 2. The Kier molecular flexibility index (Phi) is 5.95. The van der Waals surface area contributed by atoms with Gasteiger partial charge < -0.3 is 5.32 Å². The average molecular weight is 315 g/mol. The molecule has 4 nitrogen and oxygen atoms in total. The van der Waals surface area contributed by atoms with Gasteiger partial charge in [0.05, 0.1) is 0 Å². The Balaban J connectivity index is 1.89. The van der Waals surface area contributed by atoms with Crippen molar-refractivity contribution in [2.45, 2.75) is 38.4 Å². The van der Waals surface area contributed by atoms with Crippen LogP contribution in [-0.2, 0) is 17.8 Å². The van der Waals surface area contributed by atoms with Gasteiger partial charge in [-0.2, -0.15) is 0 Å². The highest BCUT2D eigenvalue weighted by molar-refractivity contribution is 7.98. The molecule has 116 valence electrons. The van der Waals surface area contributed by atoms with Crippen LogP contribution in [0.2, 0.25) is 0 Å². The summed E-state index contributed by atoms with van der Waals surface area (Å²) in [5, 5.41) is 3.73. The molecule has 1 aromatic heterocycles. The van der Waals surface area contributed by atoms with Crippen LogP contribution in [0.5, 0.6) is 0 Å². The molecule has 0 saturated heterocycles. The molecule has 0 aliphatic carbocycles. The summed E-state index contributed by atoms with van der Waals surface area (Å²) >= 11 is 1.53. The monoisotopic (exact) mass is 315 g/mol. The third-order valence-corrected chi connectivity index (χ3v) is 4.07. The van der Waals surface area contributed by atoms with E-state index in [1.54, 1.807) is 0 Å². The second-order valence-corrected chi connectivity index (χ2v) is 5.90. The number of rotatable bonds is 6. The number of carbonyl (C=O) groups excluding carboxylic acids is 1. The molecule has 2 aromatic rings. The summed E-state index contributed by atoms with van der Waals surface area (Å²) in [4.78, 5) is 20.9. The summed E-state index contributed by atoms with van der Waals surface area (Å²) in [6, 6.07) is 9.92. The van der Waals surface area contributed by atoms with Crippen LogP contribution in [0.3, 0.4) is 0 Å². The van der Waals surface area contributed by atoms with Crippen molar-refractivity contribution in [3.8, 4) is 0 Å². The number of thioether (sulfide) groups is 1. The van der Waals surface area contributed by atoms with Crippen molar-refractivity contribution in [2.75, 3.05) is 6.26 Å². The highest BCUT2D eigenvalue weighted by Gasteiger charge is 2.10. The zero-order valence-electron chi connectivity index (χ0n) is 13.2. The molecule has 22 heavy (non-hydrogen) atoms. The lowest BCUT2D eigenvalue weighted by atomic mass is 10.1. The highest BCUT2D eigenvalue weighted by Crippen LogP contribution is 2.17. The maximum absolute atomic E-state index is 12.0. The van der Waals surface area contributed by atoms with Crippen LogP contribution < -0.4 is 5.32 Å². The third-order valence-electron chi connectivity index (χ3n) is 3.52. The second kappa shape index (κ2) is 7.94. The Morgan fingerprint density at radius 3 is 2.36 bits per heavy atom. The van der Waals surface area contributed by atoms with Crippen LogP contribution in [0.4, 0.5) is 0 Å². The molecule has 5 heteroatoms. The van der Waals surface area contributed by atoms with Crippen molar-refractivity contribution in [1.29, 1.82) is 0 Å². The van der Waals surface area contributed by atoms with Gasteiger partial charge in [0.25, 0.3) is 0 Å². The number of nitrogens with zero attached hydrogens (tertiary/aromatic N) is 2. The normalized spacial score (nSPS) is 10.5. The van der Waals surface area contributed by atoms with Crippen LogP contribution in [0.15, 0.2) is 35.5 Å². The summed E-state index contributed by atoms with van der Waals surface area (Å²) in [6.07, 6.45) is 3.09. The van der Waals surface area contributed by atoms with Crippen LogP contribution in [0.1, 0.15) is 28.9 Å². The summed E-state index contributed by atoms with van der Waals surface area (Å²) in [6.45, 7) is 4.52. The number of benzene rings is 1. The fourth-order valence-corrected chi connectivity index (χ4v) is 2.74. The standard InChI is InChI=1S/C17H21N3OS/c1-12-15(13(2)20-17(19-12)22-3)9-10-16(21)18-11-14-7-5-4-6-8-14/h4-8H,9-11H2,1-3H3,(H,18,21). The van der Waals surface area contributed by atoms with Crippen LogP contribution in [0, 0.1) is 13.8 Å². The molecular weight excluding hydrogens is 294 g/mol. The molecule has 2 rings (SSSR count). The molecule has 1 amide bonds. The summed E-state index contributed by atoms with van der Waals surface area (Å²) in [5.41, 5.74) is 4.11. The van der Waals surface area contributed by atoms with Gasteiger partial charge in [0.15, 0.2) is 5.16 Å². The third kappa shape index (κ3) is 4.56. The van der Waals surface area contributed by atoms with Gasteiger partial charge in [-0.25, -0.2) is 9.97 Å². The predicted molar refractivity (Wildman–Crippen MR) is 89.9 cm³/mol. The summed E-state index contributed by atoms with van der Waals surface area (Å²) in [5.74, 6) is 0.0524. The van der Waals surface area contributed by atoms with E-state index in [4.69, 9.17) is 0 Å². The maximum atomic E-state index is 12.0. The van der Waals surface area contributed by atoms with E-state index in [9.17, 15) is 4.79 Å². The number of amides is 1. The van der Waals surface area contributed by atoms with E-state index in [0.717, 1.165) is 27.7 Å². The number of hydrogen-bond donors (Lipinski definition) is 1. The van der Waals surface area contributed by atoms with Gasteiger partial charge in [-0.3, -0.25) is 4.79 Å². The lowest BCUT2D eigenvalue weighted by molar-refractivity contribution is -0.121. The minimum atomic E-state index is 0.0524. The average Bonchev–Trinajstić information content (AvgIpc) is 2.52. The van der Waals surface area contributed by atoms with E-state index in [2.05, 4.69) is 15.3 Å². The minimum absolute atomic E-state index is 0.0524. The Labute approximate surface area is 135 Å². The zero-order chi connectivity index (χ0) is 15.9. The first-order chi connectivity index (χ1) is 10.6. The van der Waals surface area contributed by atoms with Gasteiger partial charge in [0.1, 0.15) is 0 Å². The van der Waals surface area contributed by atoms with Gasteiger partial charge in [-0.1, -0.05) is 42.1 Å². The van der Waals surface area contributed by atoms with Gasteiger partial charge in [-0.05, 0) is 37.7 Å². The van der Waals surface area contributed by atoms with Crippen LogP contribution in [-0.4, -0.2) is 22.1 Å². The SMILES string of the molecule is CSc1nc(C)c(CCC(=O)NCc2ccccc2)c(C)n1. The molecule has 0 spiro atoms. The predicted octanol–water partition coefficient (Wildman–Crippen LogP) is 3.06. The molecule has 0 aliphatic rings.